The lowest BCUT2D eigenvalue weighted by Gasteiger charge is -2.28. The molecule has 2 rings (SSSR count). The molecular formula is C19H23ClN2O3S. The van der Waals surface area contributed by atoms with E-state index in [4.69, 9.17) is 11.6 Å². The first-order valence-corrected chi connectivity index (χ1v) is 10.5. The Morgan fingerprint density at radius 2 is 1.88 bits per heavy atom. The van der Waals surface area contributed by atoms with Gasteiger partial charge < -0.3 is 5.32 Å². The standard InChI is InChI=1S/C19H23ClN2O3S/c1-5-15-9-6-8-13(2)18(15)21-19(23)14(3)22(26(4,24)25)17-11-7-10-16(20)12-17/h6-12,14H,5H2,1-4H3,(H,21,23)/t14-/m0/s1. The van der Waals surface area contributed by atoms with Crippen molar-refractivity contribution in [2.75, 3.05) is 15.9 Å². The van der Waals surface area contributed by atoms with Crippen LogP contribution in [0.5, 0.6) is 0 Å². The van der Waals surface area contributed by atoms with Crippen LogP contribution in [0.4, 0.5) is 11.4 Å². The molecule has 2 aromatic carbocycles. The molecule has 0 bridgehead atoms. The van der Waals surface area contributed by atoms with Gasteiger partial charge in [-0.15, -0.1) is 0 Å². The number of nitrogens with zero attached hydrogens (tertiary/aromatic N) is 1. The van der Waals surface area contributed by atoms with E-state index in [9.17, 15) is 13.2 Å². The molecule has 0 saturated heterocycles. The Kier molecular flexibility index (Phi) is 6.31. The fraction of sp³-hybridized carbons (Fsp3) is 0.316. The number of nitrogens with one attached hydrogen (secondary N) is 1. The van der Waals surface area contributed by atoms with Crippen LogP contribution in [0, 0.1) is 6.92 Å². The van der Waals surface area contributed by atoms with Crippen LogP contribution in [0.1, 0.15) is 25.0 Å². The van der Waals surface area contributed by atoms with Gasteiger partial charge in [-0.25, -0.2) is 8.42 Å². The third-order valence-corrected chi connectivity index (χ3v) is 5.62. The van der Waals surface area contributed by atoms with Crippen LogP contribution in [0.3, 0.4) is 0 Å². The maximum Gasteiger partial charge on any atom is 0.248 e. The van der Waals surface area contributed by atoms with Gasteiger partial charge >= 0.3 is 0 Å². The average molecular weight is 395 g/mol. The van der Waals surface area contributed by atoms with Crippen molar-refractivity contribution in [3.63, 3.8) is 0 Å². The number of para-hydroxylation sites is 1. The quantitative estimate of drug-likeness (QED) is 0.805. The molecule has 140 valence electrons. The fourth-order valence-corrected chi connectivity index (χ4v) is 4.20. The normalized spacial score (nSPS) is 12.5. The number of anilines is 2. The van der Waals surface area contributed by atoms with E-state index in [1.807, 2.05) is 32.0 Å². The monoisotopic (exact) mass is 394 g/mol. The van der Waals surface area contributed by atoms with Crippen molar-refractivity contribution < 1.29 is 13.2 Å². The zero-order valence-corrected chi connectivity index (χ0v) is 16.9. The number of carbonyl (C=O) groups is 1. The van der Waals surface area contributed by atoms with Crippen molar-refractivity contribution >= 4 is 38.9 Å². The molecule has 0 aromatic heterocycles. The van der Waals surface area contributed by atoms with Crippen molar-refractivity contribution in [2.24, 2.45) is 0 Å². The minimum atomic E-state index is -3.68. The summed E-state index contributed by atoms with van der Waals surface area (Å²) < 4.78 is 25.8. The Bertz CT molecular complexity index is 913. The van der Waals surface area contributed by atoms with E-state index in [2.05, 4.69) is 5.32 Å². The number of amides is 1. The molecule has 0 fully saturated rings. The summed E-state index contributed by atoms with van der Waals surface area (Å²) in [6.07, 6.45) is 1.83. The van der Waals surface area contributed by atoms with E-state index in [0.29, 0.717) is 10.7 Å². The molecule has 2 aromatic rings. The molecular weight excluding hydrogens is 372 g/mol. The second-order valence-electron chi connectivity index (χ2n) is 6.17. The van der Waals surface area contributed by atoms with E-state index < -0.39 is 22.0 Å². The third kappa shape index (κ3) is 4.56. The summed E-state index contributed by atoms with van der Waals surface area (Å²) in [5, 5.41) is 3.29. The summed E-state index contributed by atoms with van der Waals surface area (Å²) in [5.41, 5.74) is 3.01. The van der Waals surface area contributed by atoms with Crippen LogP contribution in [0.15, 0.2) is 42.5 Å². The Balaban J connectivity index is 2.38. The van der Waals surface area contributed by atoms with Gasteiger partial charge in [0.25, 0.3) is 0 Å². The zero-order chi connectivity index (χ0) is 19.5. The molecule has 1 amide bonds. The second-order valence-corrected chi connectivity index (χ2v) is 8.46. The van der Waals surface area contributed by atoms with Gasteiger partial charge in [0, 0.05) is 10.7 Å². The second kappa shape index (κ2) is 8.10. The topological polar surface area (TPSA) is 66.5 Å². The molecule has 0 aliphatic carbocycles. The summed E-state index contributed by atoms with van der Waals surface area (Å²) in [4.78, 5) is 12.8. The first-order chi connectivity index (χ1) is 12.1. The van der Waals surface area contributed by atoms with Gasteiger partial charge in [-0.3, -0.25) is 9.10 Å². The molecule has 0 radical (unpaired) electrons. The Hall–Kier alpha value is -2.05. The molecule has 0 spiro atoms. The van der Waals surface area contributed by atoms with Crippen LogP contribution in [-0.2, 0) is 21.2 Å². The number of hydrogen-bond donors (Lipinski definition) is 1. The zero-order valence-electron chi connectivity index (χ0n) is 15.3. The largest absolute Gasteiger partial charge is 0.324 e. The maximum atomic E-state index is 12.8. The van der Waals surface area contributed by atoms with Crippen LogP contribution in [0.2, 0.25) is 5.02 Å². The first kappa shape index (κ1) is 20.3. The van der Waals surface area contributed by atoms with Crippen molar-refractivity contribution in [3.05, 3.63) is 58.6 Å². The van der Waals surface area contributed by atoms with Crippen molar-refractivity contribution in [1.82, 2.24) is 0 Å². The average Bonchev–Trinajstić information content (AvgIpc) is 2.55. The van der Waals surface area contributed by atoms with Gasteiger partial charge in [0.05, 0.1) is 11.9 Å². The summed E-state index contributed by atoms with van der Waals surface area (Å²) in [6.45, 7) is 5.47. The molecule has 7 heteroatoms. The van der Waals surface area contributed by atoms with E-state index >= 15 is 0 Å². The number of sulfonamides is 1. The van der Waals surface area contributed by atoms with E-state index in [1.54, 1.807) is 25.1 Å². The molecule has 0 aliphatic heterocycles. The molecule has 1 N–H and O–H groups in total. The molecule has 5 nitrogen and oxygen atoms in total. The molecule has 0 heterocycles. The fourth-order valence-electron chi connectivity index (χ4n) is 2.85. The predicted octanol–water partition coefficient (Wildman–Crippen LogP) is 4.00. The molecule has 1 atom stereocenters. The van der Waals surface area contributed by atoms with E-state index in [0.717, 1.165) is 33.8 Å². The van der Waals surface area contributed by atoms with Gasteiger partial charge in [-0.2, -0.15) is 0 Å². The van der Waals surface area contributed by atoms with Gasteiger partial charge in [-0.1, -0.05) is 42.8 Å². The number of benzene rings is 2. The highest BCUT2D eigenvalue weighted by Crippen LogP contribution is 2.26. The number of carbonyl (C=O) groups excluding carboxylic acids is 1. The van der Waals surface area contributed by atoms with Crippen LogP contribution in [0.25, 0.3) is 0 Å². The summed E-state index contributed by atoms with van der Waals surface area (Å²) in [5.74, 6) is -0.403. The lowest BCUT2D eigenvalue weighted by molar-refractivity contribution is -0.116. The summed E-state index contributed by atoms with van der Waals surface area (Å²) >= 11 is 5.99. The summed E-state index contributed by atoms with van der Waals surface area (Å²) in [7, 11) is -3.68. The van der Waals surface area contributed by atoms with Crippen LogP contribution in [-0.4, -0.2) is 26.6 Å². The summed E-state index contributed by atoms with van der Waals surface area (Å²) in [6, 6.07) is 11.3. The smallest absolute Gasteiger partial charge is 0.248 e. The number of rotatable bonds is 6. The predicted molar refractivity (Wildman–Crippen MR) is 107 cm³/mol. The maximum absolute atomic E-state index is 12.8. The SMILES string of the molecule is CCc1cccc(C)c1NC(=O)[C@H](C)N(c1cccc(Cl)c1)S(C)(=O)=O. The van der Waals surface area contributed by atoms with Crippen LogP contribution >= 0.6 is 11.6 Å². The van der Waals surface area contributed by atoms with Gasteiger partial charge in [0.15, 0.2) is 0 Å². The van der Waals surface area contributed by atoms with E-state index in [-0.39, 0.29) is 0 Å². The lowest BCUT2D eigenvalue weighted by atomic mass is 10.1. The van der Waals surface area contributed by atoms with Gasteiger partial charge in [-0.05, 0) is 49.6 Å². The number of aryl methyl sites for hydroxylation is 2. The molecule has 0 unspecified atom stereocenters. The van der Waals surface area contributed by atoms with Crippen molar-refractivity contribution in [2.45, 2.75) is 33.2 Å². The molecule has 0 saturated carbocycles. The minimum absolute atomic E-state index is 0.350. The van der Waals surface area contributed by atoms with Crippen LogP contribution < -0.4 is 9.62 Å². The third-order valence-electron chi connectivity index (χ3n) is 4.14. The Morgan fingerprint density at radius 3 is 2.46 bits per heavy atom. The number of halogens is 1. The van der Waals surface area contributed by atoms with Crippen molar-refractivity contribution in [3.8, 4) is 0 Å². The number of hydrogen-bond acceptors (Lipinski definition) is 3. The Labute approximate surface area is 160 Å². The van der Waals surface area contributed by atoms with Gasteiger partial charge in [0.2, 0.25) is 15.9 Å². The lowest BCUT2D eigenvalue weighted by Crippen LogP contribution is -2.45. The van der Waals surface area contributed by atoms with E-state index in [1.165, 1.54) is 6.07 Å². The highest BCUT2D eigenvalue weighted by molar-refractivity contribution is 7.92. The highest BCUT2D eigenvalue weighted by Gasteiger charge is 2.29. The molecule has 0 aliphatic rings. The minimum Gasteiger partial charge on any atom is -0.324 e. The molecule has 26 heavy (non-hydrogen) atoms. The highest BCUT2D eigenvalue weighted by atomic mass is 35.5. The Morgan fingerprint density at radius 1 is 1.23 bits per heavy atom. The van der Waals surface area contributed by atoms with Crippen molar-refractivity contribution in [1.29, 1.82) is 0 Å². The first-order valence-electron chi connectivity index (χ1n) is 8.29. The van der Waals surface area contributed by atoms with Gasteiger partial charge in [0.1, 0.15) is 6.04 Å².